The van der Waals surface area contributed by atoms with Gasteiger partial charge in [0, 0.05) is 105 Å². The normalized spacial score (nSPS) is 13.7. The van der Waals surface area contributed by atoms with Crippen LogP contribution in [0.4, 0.5) is 0 Å². The minimum absolute atomic E-state index is 0.000836. The van der Waals surface area contributed by atoms with Crippen LogP contribution in [0, 0.1) is 0 Å². The number of nitrogens with zero attached hydrogens (tertiary/aromatic N) is 12. The largest absolute Gasteiger partial charge is 0.480 e. The number of ketones is 5. The molecule has 2 rings (SSSR count). The van der Waals surface area contributed by atoms with E-state index >= 15 is 0 Å². The number of hydrogen-bond acceptors (Lipinski definition) is 37. The van der Waals surface area contributed by atoms with Gasteiger partial charge in [-0.25, -0.2) is 0 Å². The van der Waals surface area contributed by atoms with E-state index in [1.165, 1.54) is 49.3 Å². The summed E-state index contributed by atoms with van der Waals surface area (Å²) in [5.74, 6) is -12.9. The van der Waals surface area contributed by atoms with Crippen molar-refractivity contribution in [2.24, 2.45) is 0 Å². The van der Waals surface area contributed by atoms with Crippen LogP contribution >= 0.6 is 0 Å². The Morgan fingerprint density at radius 3 is 0.759 bits per heavy atom. The van der Waals surface area contributed by atoms with Crippen LogP contribution in [0.1, 0.15) is 55.4 Å². The molecule has 0 saturated carbocycles. The van der Waals surface area contributed by atoms with Crippen LogP contribution in [0.25, 0.3) is 0 Å². The highest BCUT2D eigenvalue weighted by molar-refractivity contribution is 5.90. The van der Waals surface area contributed by atoms with Crippen LogP contribution in [0.3, 0.4) is 0 Å². The molecule has 0 amide bonds. The molecule has 45 nitrogen and oxygen atoms in total. The Bertz CT molecular complexity index is 2770. The Labute approximate surface area is 647 Å². The third kappa shape index (κ3) is 61.3. The first-order valence-corrected chi connectivity index (χ1v) is 35.4. The molecule has 0 aliphatic carbocycles. The smallest absolute Gasteiger partial charge is 0.327 e. The number of β-amino-alcohol motifs (C(OH)–C–C–N with tert-alkyl or cyclic N) is 1. The lowest BCUT2D eigenvalue weighted by Gasteiger charge is -2.32. The number of carboxylic acid groups (broad SMARTS) is 8. The standard InChI is InChI=1S/C20H35N3O10.C19H33N3O5.C14H23N3O10.C14H21N3O8/c1-4-31-18(28)13-21(7-9-22(11-16(24)25)14-19(29)32-5-2)8-10-23(12-17(26)27)15-20(30)33-6-3;1-15(23)10-20(6-8-21(11-16(2)24)12-17(3)25)7-9-22(13-18(4)26)14-19(5)27;18-10(19)5-15(1-3-16(6-11(20)21)7-12(22)23)2-4-17(8-13(24)25)9-14(26)27;18-10(19)5-15(1-3-16-6-11(20)24-12(21)7-16)2-4-17-8-13(22)25-14(23)9-17/h4-15H2,1-3H3,(H,24,25)(H,26,27);6-14H2,1-5H3;1-9H2,(H,18,19)(H,20,21)(H,22,23)(H,24,25)(H,26,27);11,20H,1-9H2,(H,18,19). The van der Waals surface area contributed by atoms with Gasteiger partial charge in [-0.15, -0.1) is 0 Å². The van der Waals surface area contributed by atoms with Gasteiger partial charge in [-0.3, -0.25) is 150 Å². The first kappa shape index (κ1) is 105. The van der Waals surface area contributed by atoms with Crippen molar-refractivity contribution in [3.63, 3.8) is 0 Å². The average Bonchev–Trinajstić information content (AvgIpc) is 0.884. The summed E-state index contributed by atoms with van der Waals surface area (Å²) in [7, 11) is 0. The number of rotatable bonds is 59. The molecular formula is C67H112N12O33. The lowest BCUT2D eigenvalue weighted by Crippen LogP contribution is -2.50. The van der Waals surface area contributed by atoms with Crippen molar-refractivity contribution >= 4 is 112 Å². The summed E-state index contributed by atoms with van der Waals surface area (Å²) in [4.78, 5) is 232. The molecular weight excluding hydrogens is 1500 g/mol. The molecule has 2 aliphatic rings. The fourth-order valence-corrected chi connectivity index (χ4v) is 10.5. The van der Waals surface area contributed by atoms with E-state index in [4.69, 9.17) is 55.1 Å². The lowest BCUT2D eigenvalue weighted by atomic mass is 10.3. The molecule has 0 spiro atoms. The van der Waals surface area contributed by atoms with Crippen LogP contribution in [-0.2, 0) is 115 Å². The maximum absolute atomic E-state index is 12.0. The third-order valence-corrected chi connectivity index (χ3v) is 14.9. The van der Waals surface area contributed by atoms with E-state index in [0.717, 1.165) is 9.80 Å². The minimum atomic E-state index is -1.24. The van der Waals surface area contributed by atoms with E-state index in [1.807, 2.05) is 4.90 Å². The Morgan fingerprint density at radius 2 is 0.500 bits per heavy atom. The molecule has 0 radical (unpaired) electrons. The third-order valence-electron chi connectivity index (χ3n) is 14.9. The number of cyclic esters (lactones) is 3. The zero-order chi connectivity index (χ0) is 85.6. The number of carbonyl (C=O) groups excluding carboxylic acids is 11. The Hall–Kier alpha value is -9.39. The molecule has 45 heteroatoms. The van der Waals surface area contributed by atoms with Gasteiger partial charge in [0.25, 0.3) is 0 Å². The number of Topliss-reactive ketones (excluding diaryl/α,β-unsaturated/α-hetero) is 5. The second-order valence-electron chi connectivity index (χ2n) is 25.7. The van der Waals surface area contributed by atoms with Crippen molar-refractivity contribution in [3.05, 3.63) is 0 Å². The second-order valence-corrected chi connectivity index (χ2v) is 25.7. The summed E-state index contributed by atoms with van der Waals surface area (Å²) in [5, 5.41) is 80.8. The fourth-order valence-electron chi connectivity index (χ4n) is 10.5. The number of carbonyl (C=O) groups is 19. The maximum atomic E-state index is 12.0. The SMILES string of the molecule is CC(=O)CN(CCN(CC(C)=O)CC(C)=O)CCN(CC(C)=O)CC(C)=O.CCOC(=O)CN(CCN(CC(=O)O)CC(=O)OCC)CCN(CC(=O)O)CC(=O)OCC.O=C(O)CN(CCN(CC(=O)O)CC(=O)O)CCN(CC(=O)O)CC(=O)O.O=C(O)CN(CCN1CC(=O)OC(=O)C1)CCN1CC(=O)OC(O)C1. The fraction of sp³-hybridized carbons (Fsp3) is 0.716. The number of hydrogen-bond donors (Lipinski definition) is 9. The first-order valence-electron chi connectivity index (χ1n) is 35.4. The molecule has 1 unspecified atom stereocenters. The molecule has 9 N–H and O–H groups in total. The highest BCUT2D eigenvalue weighted by Gasteiger charge is 2.29. The quantitative estimate of drug-likeness (QED) is 0.0155. The minimum Gasteiger partial charge on any atom is -0.480 e. The maximum Gasteiger partial charge on any atom is 0.327 e. The van der Waals surface area contributed by atoms with Gasteiger partial charge in [0.2, 0.25) is 6.29 Å². The molecule has 0 bridgehead atoms. The number of aliphatic hydroxyl groups excluding tert-OH is 1. The summed E-state index contributed by atoms with van der Waals surface area (Å²) >= 11 is 0. The predicted molar refractivity (Wildman–Crippen MR) is 385 cm³/mol. The van der Waals surface area contributed by atoms with Crippen LogP contribution in [0.15, 0.2) is 0 Å². The molecule has 1 atom stereocenters. The molecule has 638 valence electrons. The van der Waals surface area contributed by atoms with E-state index in [-0.39, 0.29) is 186 Å². The number of esters is 6. The van der Waals surface area contributed by atoms with E-state index in [2.05, 4.69) is 9.47 Å². The Morgan fingerprint density at radius 1 is 0.304 bits per heavy atom. The van der Waals surface area contributed by atoms with Gasteiger partial charge >= 0.3 is 83.6 Å². The first-order chi connectivity index (χ1) is 52.4. The molecule has 112 heavy (non-hydrogen) atoms. The molecule has 0 aromatic rings. The van der Waals surface area contributed by atoms with Crippen molar-refractivity contribution in [2.75, 3.05) is 255 Å². The molecule has 0 aromatic carbocycles. The van der Waals surface area contributed by atoms with Crippen LogP contribution in [-0.4, -0.2) is 479 Å². The highest BCUT2D eigenvalue weighted by atomic mass is 16.6. The predicted octanol–water partition coefficient (Wildman–Crippen LogP) is -7.16. The number of carboxylic acids is 8. The lowest BCUT2D eigenvalue weighted by molar-refractivity contribution is -0.184. The van der Waals surface area contributed by atoms with Gasteiger partial charge in [0.1, 0.15) is 28.9 Å². The van der Waals surface area contributed by atoms with Gasteiger partial charge in [0.15, 0.2) is 0 Å². The van der Waals surface area contributed by atoms with Crippen molar-refractivity contribution in [1.82, 2.24) is 58.8 Å². The van der Waals surface area contributed by atoms with Gasteiger partial charge < -0.3 is 69.6 Å². The van der Waals surface area contributed by atoms with E-state index in [1.54, 1.807) is 50.2 Å². The zero-order valence-corrected chi connectivity index (χ0v) is 64.8. The monoisotopic (exact) mass is 1610 g/mol. The van der Waals surface area contributed by atoms with Crippen molar-refractivity contribution in [3.8, 4) is 0 Å². The van der Waals surface area contributed by atoms with Crippen molar-refractivity contribution < 1.29 is 161 Å². The molecule has 2 saturated heterocycles. The van der Waals surface area contributed by atoms with Crippen molar-refractivity contribution in [2.45, 2.75) is 61.7 Å². The number of ether oxygens (including phenoxy) is 5. The van der Waals surface area contributed by atoms with E-state index in [0.29, 0.717) is 52.4 Å². The number of aliphatic hydroxyl groups is 1. The van der Waals surface area contributed by atoms with Gasteiger partial charge in [-0.05, 0) is 55.4 Å². The number of morpholine rings is 2. The topological polar surface area (TPSA) is 591 Å². The van der Waals surface area contributed by atoms with Crippen LogP contribution < -0.4 is 0 Å². The summed E-state index contributed by atoms with van der Waals surface area (Å²) < 4.78 is 23.7. The molecule has 2 aliphatic heterocycles. The second kappa shape index (κ2) is 60.3. The van der Waals surface area contributed by atoms with E-state index in [9.17, 15) is 96.2 Å². The number of aliphatic carboxylic acids is 8. The highest BCUT2D eigenvalue weighted by Crippen LogP contribution is 2.08. The zero-order valence-electron chi connectivity index (χ0n) is 64.8. The molecule has 0 aromatic heterocycles. The van der Waals surface area contributed by atoms with Gasteiger partial charge in [-0.2, -0.15) is 0 Å². The molecule has 2 heterocycles. The summed E-state index contributed by atoms with van der Waals surface area (Å²) in [5.41, 5.74) is 0. The van der Waals surface area contributed by atoms with Crippen molar-refractivity contribution in [1.29, 1.82) is 0 Å². The van der Waals surface area contributed by atoms with Crippen LogP contribution in [0.2, 0.25) is 0 Å². The summed E-state index contributed by atoms with van der Waals surface area (Å²) in [6, 6.07) is 0. The molecule has 2 fully saturated rings. The van der Waals surface area contributed by atoms with Gasteiger partial charge in [0.05, 0.1) is 151 Å². The Kier molecular flexibility index (Phi) is 56.3. The Balaban J connectivity index is 0. The summed E-state index contributed by atoms with van der Waals surface area (Å²) in [6.07, 6.45) is -1.18. The van der Waals surface area contributed by atoms with E-state index < -0.39 is 136 Å². The summed E-state index contributed by atoms with van der Waals surface area (Å²) in [6.45, 7) is 13.6. The van der Waals surface area contributed by atoms with Crippen LogP contribution in [0.5, 0.6) is 0 Å². The average molecular weight is 1610 g/mol. The van der Waals surface area contributed by atoms with Gasteiger partial charge in [-0.1, -0.05) is 0 Å².